The standard InChI is InChI=1S/C18H25NO4S/c1-18(2,3)23-16(21)12-19(4)15(20)10-11-17(22)24-13-14-8-6-5-7-9-14/h5-9H,10-13H2,1-4H3. The van der Waals surface area contributed by atoms with Gasteiger partial charge in [-0.25, -0.2) is 0 Å². The molecule has 0 aromatic heterocycles. The van der Waals surface area contributed by atoms with E-state index in [-0.39, 0.29) is 30.4 Å². The van der Waals surface area contributed by atoms with Crippen molar-refractivity contribution in [3.05, 3.63) is 35.9 Å². The van der Waals surface area contributed by atoms with Crippen molar-refractivity contribution >= 4 is 28.8 Å². The normalized spacial score (nSPS) is 11.0. The van der Waals surface area contributed by atoms with Gasteiger partial charge < -0.3 is 9.64 Å². The fourth-order valence-electron chi connectivity index (χ4n) is 1.87. The number of carbonyl (C=O) groups is 3. The summed E-state index contributed by atoms with van der Waals surface area (Å²) in [5.41, 5.74) is 0.495. The summed E-state index contributed by atoms with van der Waals surface area (Å²) in [7, 11) is 1.54. The van der Waals surface area contributed by atoms with Crippen LogP contribution in [0.5, 0.6) is 0 Å². The summed E-state index contributed by atoms with van der Waals surface area (Å²) in [4.78, 5) is 36.8. The highest BCUT2D eigenvalue weighted by Crippen LogP contribution is 2.15. The van der Waals surface area contributed by atoms with Gasteiger partial charge in [-0.15, -0.1) is 0 Å². The fraction of sp³-hybridized carbons (Fsp3) is 0.500. The second-order valence-electron chi connectivity index (χ2n) is 6.48. The van der Waals surface area contributed by atoms with E-state index < -0.39 is 11.6 Å². The fourth-order valence-corrected chi connectivity index (χ4v) is 2.63. The molecule has 0 fully saturated rings. The first-order valence-electron chi connectivity index (χ1n) is 7.83. The lowest BCUT2D eigenvalue weighted by molar-refractivity contribution is -0.158. The zero-order valence-electron chi connectivity index (χ0n) is 14.7. The maximum Gasteiger partial charge on any atom is 0.326 e. The average molecular weight is 351 g/mol. The molecule has 0 aliphatic carbocycles. The van der Waals surface area contributed by atoms with Crippen molar-refractivity contribution in [1.82, 2.24) is 4.90 Å². The topological polar surface area (TPSA) is 63.7 Å². The molecule has 0 aliphatic heterocycles. The van der Waals surface area contributed by atoms with Crippen LogP contribution in [-0.4, -0.2) is 41.1 Å². The molecule has 0 radical (unpaired) electrons. The number of thioether (sulfide) groups is 1. The minimum atomic E-state index is -0.578. The van der Waals surface area contributed by atoms with Crippen molar-refractivity contribution < 1.29 is 19.1 Å². The van der Waals surface area contributed by atoms with E-state index in [4.69, 9.17) is 4.74 Å². The van der Waals surface area contributed by atoms with Gasteiger partial charge in [0, 0.05) is 25.6 Å². The van der Waals surface area contributed by atoms with Crippen LogP contribution in [0.1, 0.15) is 39.2 Å². The molecule has 0 atom stereocenters. The van der Waals surface area contributed by atoms with E-state index in [1.807, 2.05) is 30.3 Å². The Labute approximate surface area is 147 Å². The predicted octanol–water partition coefficient (Wildman–Crippen LogP) is 3.03. The number of hydrogen-bond donors (Lipinski definition) is 0. The van der Waals surface area contributed by atoms with Gasteiger partial charge in [0.05, 0.1) is 0 Å². The maximum atomic E-state index is 12.0. The zero-order valence-corrected chi connectivity index (χ0v) is 15.5. The number of esters is 1. The van der Waals surface area contributed by atoms with Crippen LogP contribution in [0.2, 0.25) is 0 Å². The molecule has 24 heavy (non-hydrogen) atoms. The Hall–Kier alpha value is -1.82. The monoisotopic (exact) mass is 351 g/mol. The highest BCUT2D eigenvalue weighted by atomic mass is 32.2. The van der Waals surface area contributed by atoms with Gasteiger partial charge in [0.2, 0.25) is 5.91 Å². The van der Waals surface area contributed by atoms with Gasteiger partial charge in [-0.1, -0.05) is 42.1 Å². The van der Waals surface area contributed by atoms with Gasteiger partial charge in [0.25, 0.3) is 0 Å². The SMILES string of the molecule is CN(CC(=O)OC(C)(C)C)C(=O)CCC(=O)SCc1ccccc1. The Morgan fingerprint density at radius 3 is 2.29 bits per heavy atom. The molecule has 132 valence electrons. The summed E-state index contributed by atoms with van der Waals surface area (Å²) in [5, 5.41) is -0.0297. The third-order valence-corrected chi connectivity index (χ3v) is 4.00. The van der Waals surface area contributed by atoms with Gasteiger partial charge in [-0.3, -0.25) is 14.4 Å². The van der Waals surface area contributed by atoms with Gasteiger partial charge in [0.15, 0.2) is 5.12 Å². The van der Waals surface area contributed by atoms with E-state index in [0.717, 1.165) is 5.56 Å². The Morgan fingerprint density at radius 1 is 1.08 bits per heavy atom. The molecule has 0 N–H and O–H groups in total. The molecule has 0 aliphatic rings. The number of nitrogens with zero attached hydrogens (tertiary/aromatic N) is 1. The largest absolute Gasteiger partial charge is 0.459 e. The molecular formula is C18H25NO4S. The quantitative estimate of drug-likeness (QED) is 0.707. The molecule has 0 spiro atoms. The molecule has 0 heterocycles. The van der Waals surface area contributed by atoms with E-state index >= 15 is 0 Å². The molecule has 0 saturated carbocycles. The first kappa shape index (κ1) is 20.2. The highest BCUT2D eigenvalue weighted by Gasteiger charge is 2.20. The second-order valence-corrected chi connectivity index (χ2v) is 7.52. The van der Waals surface area contributed by atoms with E-state index in [1.165, 1.54) is 23.7 Å². The molecule has 0 bridgehead atoms. The maximum absolute atomic E-state index is 12.0. The summed E-state index contributed by atoms with van der Waals surface area (Å²) < 4.78 is 5.17. The van der Waals surface area contributed by atoms with Crippen molar-refractivity contribution in [2.75, 3.05) is 13.6 Å². The highest BCUT2D eigenvalue weighted by molar-refractivity contribution is 8.12. The van der Waals surface area contributed by atoms with Crippen LogP contribution in [0.4, 0.5) is 0 Å². The zero-order chi connectivity index (χ0) is 18.2. The lowest BCUT2D eigenvalue weighted by atomic mass is 10.2. The van der Waals surface area contributed by atoms with Gasteiger partial charge in [0.1, 0.15) is 12.1 Å². The van der Waals surface area contributed by atoms with Crippen LogP contribution in [0.15, 0.2) is 30.3 Å². The minimum Gasteiger partial charge on any atom is -0.459 e. The van der Waals surface area contributed by atoms with Crippen molar-refractivity contribution in [1.29, 1.82) is 0 Å². The molecule has 1 amide bonds. The number of amides is 1. The molecule has 0 unspecified atom stereocenters. The van der Waals surface area contributed by atoms with E-state index in [9.17, 15) is 14.4 Å². The lowest BCUT2D eigenvalue weighted by Gasteiger charge is -2.22. The lowest BCUT2D eigenvalue weighted by Crippen LogP contribution is -2.36. The first-order valence-corrected chi connectivity index (χ1v) is 8.81. The van der Waals surface area contributed by atoms with Crippen LogP contribution in [0, 0.1) is 0 Å². The molecule has 1 aromatic carbocycles. The van der Waals surface area contributed by atoms with Gasteiger partial charge in [-0.05, 0) is 26.3 Å². The van der Waals surface area contributed by atoms with Crippen LogP contribution in [0.25, 0.3) is 0 Å². The van der Waals surface area contributed by atoms with E-state index in [1.54, 1.807) is 20.8 Å². The average Bonchev–Trinajstić information content (AvgIpc) is 2.49. The summed E-state index contributed by atoms with van der Waals surface area (Å²) in [6, 6.07) is 9.69. The Bertz CT molecular complexity index is 566. The van der Waals surface area contributed by atoms with Crippen LogP contribution in [0.3, 0.4) is 0 Å². The van der Waals surface area contributed by atoms with Crippen LogP contribution in [-0.2, 0) is 24.9 Å². The van der Waals surface area contributed by atoms with Crippen LogP contribution < -0.4 is 0 Å². The summed E-state index contributed by atoms with van der Waals surface area (Å²) >= 11 is 1.20. The molecule has 5 nitrogen and oxygen atoms in total. The summed E-state index contributed by atoms with van der Waals surface area (Å²) in [6.45, 7) is 5.21. The minimum absolute atomic E-state index is 0.0297. The van der Waals surface area contributed by atoms with Crippen LogP contribution >= 0.6 is 11.8 Å². The third kappa shape index (κ3) is 8.72. The second kappa shape index (κ2) is 9.47. The summed E-state index contributed by atoms with van der Waals surface area (Å²) in [6.07, 6.45) is 0.259. The summed E-state index contributed by atoms with van der Waals surface area (Å²) in [5.74, 6) is -0.0978. The van der Waals surface area contributed by atoms with Gasteiger partial charge >= 0.3 is 5.97 Å². The number of benzene rings is 1. The van der Waals surface area contributed by atoms with E-state index in [2.05, 4.69) is 0 Å². The predicted molar refractivity (Wildman–Crippen MR) is 95.5 cm³/mol. The Morgan fingerprint density at radius 2 is 1.71 bits per heavy atom. The Balaban J connectivity index is 2.29. The van der Waals surface area contributed by atoms with E-state index in [0.29, 0.717) is 5.75 Å². The number of ether oxygens (including phenoxy) is 1. The van der Waals surface area contributed by atoms with Crippen molar-refractivity contribution in [2.45, 2.75) is 45.0 Å². The molecule has 1 aromatic rings. The number of hydrogen-bond acceptors (Lipinski definition) is 5. The molecule has 1 rings (SSSR count). The number of rotatable bonds is 7. The van der Waals surface area contributed by atoms with Crippen molar-refractivity contribution in [2.24, 2.45) is 0 Å². The Kier molecular flexibility index (Phi) is 7.98. The van der Waals surface area contributed by atoms with Gasteiger partial charge in [-0.2, -0.15) is 0 Å². The molecule has 6 heteroatoms. The third-order valence-electron chi connectivity index (χ3n) is 3.00. The number of likely N-dealkylation sites (N-methyl/N-ethyl adjacent to an activating group) is 1. The molecule has 0 saturated heterocycles. The smallest absolute Gasteiger partial charge is 0.326 e. The van der Waals surface area contributed by atoms with Crippen molar-refractivity contribution in [3.63, 3.8) is 0 Å². The molecular weight excluding hydrogens is 326 g/mol. The first-order chi connectivity index (χ1) is 11.2. The number of carbonyl (C=O) groups excluding carboxylic acids is 3. The van der Waals surface area contributed by atoms with Crippen molar-refractivity contribution in [3.8, 4) is 0 Å².